The van der Waals surface area contributed by atoms with Crippen LogP contribution in [0.25, 0.3) is 0 Å². The molecule has 100 valence electrons. The number of hydrogen-bond acceptors (Lipinski definition) is 3. The maximum atomic E-state index is 9.02. The number of hydrogen-bond donors (Lipinski definition) is 1. The third kappa shape index (κ3) is 3.02. The average Bonchev–Trinajstić information content (AvgIpc) is 2.38. The predicted octanol–water partition coefficient (Wildman–Crippen LogP) is 2.98. The van der Waals surface area contributed by atoms with Crippen molar-refractivity contribution < 1.29 is 5.11 Å². The van der Waals surface area contributed by atoms with Crippen molar-refractivity contribution in [2.45, 2.75) is 52.2 Å². The molecule has 1 fully saturated rings. The number of anilines is 1. The van der Waals surface area contributed by atoms with Gasteiger partial charge in [0.25, 0.3) is 0 Å². The lowest BCUT2D eigenvalue weighted by Gasteiger charge is -2.39. The van der Waals surface area contributed by atoms with E-state index in [4.69, 9.17) is 5.11 Å². The van der Waals surface area contributed by atoms with Crippen LogP contribution in [-0.2, 0) is 6.61 Å². The molecule has 3 heteroatoms. The van der Waals surface area contributed by atoms with Crippen molar-refractivity contribution in [1.29, 1.82) is 0 Å². The van der Waals surface area contributed by atoms with Crippen molar-refractivity contribution in [3.05, 3.63) is 23.9 Å². The van der Waals surface area contributed by atoms with E-state index in [9.17, 15) is 0 Å². The highest BCUT2D eigenvalue weighted by Crippen LogP contribution is 2.37. The Morgan fingerprint density at radius 1 is 1.33 bits per heavy atom. The number of nitrogens with zero attached hydrogens (tertiary/aromatic N) is 2. The van der Waals surface area contributed by atoms with E-state index in [-0.39, 0.29) is 6.61 Å². The Balaban J connectivity index is 2.00. The normalized spacial score (nSPS) is 19.8. The first kappa shape index (κ1) is 13.3. The van der Waals surface area contributed by atoms with Crippen molar-refractivity contribution in [3.8, 4) is 0 Å². The van der Waals surface area contributed by atoms with Gasteiger partial charge in [-0.3, -0.25) is 0 Å². The summed E-state index contributed by atoms with van der Waals surface area (Å²) in [5, 5.41) is 9.02. The third-order valence-corrected chi connectivity index (χ3v) is 4.21. The number of rotatable bonds is 3. The van der Waals surface area contributed by atoms with Crippen LogP contribution in [0.1, 0.15) is 45.1 Å². The topological polar surface area (TPSA) is 36.4 Å². The molecule has 1 aliphatic carbocycles. The molecule has 0 amide bonds. The van der Waals surface area contributed by atoms with E-state index >= 15 is 0 Å². The van der Waals surface area contributed by atoms with Crippen molar-refractivity contribution in [1.82, 2.24) is 4.98 Å². The highest BCUT2D eigenvalue weighted by Gasteiger charge is 2.29. The van der Waals surface area contributed by atoms with E-state index < -0.39 is 0 Å². The molecule has 0 atom stereocenters. The second-order valence-corrected chi connectivity index (χ2v) is 6.19. The SMILES string of the molecule is CN(c1ccc(CO)cn1)C1CCC(C)(C)CC1. The summed E-state index contributed by atoms with van der Waals surface area (Å²) in [6, 6.07) is 4.56. The van der Waals surface area contributed by atoms with E-state index in [1.165, 1.54) is 25.7 Å². The van der Waals surface area contributed by atoms with E-state index in [2.05, 4.69) is 30.8 Å². The van der Waals surface area contributed by atoms with Crippen LogP contribution in [-0.4, -0.2) is 23.2 Å². The molecule has 1 heterocycles. The monoisotopic (exact) mass is 248 g/mol. The number of aliphatic hydroxyl groups excluding tert-OH is 1. The zero-order chi connectivity index (χ0) is 13.2. The van der Waals surface area contributed by atoms with Gasteiger partial charge in [0.05, 0.1) is 6.61 Å². The summed E-state index contributed by atoms with van der Waals surface area (Å²) in [4.78, 5) is 6.72. The van der Waals surface area contributed by atoms with Crippen LogP contribution < -0.4 is 4.90 Å². The largest absolute Gasteiger partial charge is 0.392 e. The van der Waals surface area contributed by atoms with Crippen LogP contribution in [0.3, 0.4) is 0 Å². The quantitative estimate of drug-likeness (QED) is 0.893. The van der Waals surface area contributed by atoms with Gasteiger partial charge in [0.1, 0.15) is 5.82 Å². The summed E-state index contributed by atoms with van der Waals surface area (Å²) in [7, 11) is 2.13. The number of aliphatic hydroxyl groups is 1. The molecule has 0 unspecified atom stereocenters. The van der Waals surface area contributed by atoms with Gasteiger partial charge in [-0.15, -0.1) is 0 Å². The molecule has 1 aromatic rings. The summed E-state index contributed by atoms with van der Waals surface area (Å²) in [5.41, 5.74) is 1.38. The van der Waals surface area contributed by atoms with Gasteiger partial charge in [-0.2, -0.15) is 0 Å². The highest BCUT2D eigenvalue weighted by atomic mass is 16.3. The molecule has 1 aromatic heterocycles. The van der Waals surface area contributed by atoms with Crippen LogP contribution in [0.2, 0.25) is 0 Å². The van der Waals surface area contributed by atoms with Crippen molar-refractivity contribution in [2.24, 2.45) is 5.41 Å². The van der Waals surface area contributed by atoms with Crippen LogP contribution in [0.4, 0.5) is 5.82 Å². The van der Waals surface area contributed by atoms with Gasteiger partial charge in [-0.25, -0.2) is 4.98 Å². The predicted molar refractivity (Wildman–Crippen MR) is 74.6 cm³/mol. The fourth-order valence-corrected chi connectivity index (χ4v) is 2.68. The molecule has 2 rings (SSSR count). The minimum absolute atomic E-state index is 0.0641. The maximum absolute atomic E-state index is 9.02. The van der Waals surface area contributed by atoms with Crippen LogP contribution in [0.15, 0.2) is 18.3 Å². The van der Waals surface area contributed by atoms with Crippen LogP contribution >= 0.6 is 0 Å². The minimum atomic E-state index is 0.0641. The molecule has 0 aliphatic heterocycles. The standard InChI is InChI=1S/C15H24N2O/c1-15(2)8-6-13(7-9-15)17(3)14-5-4-12(11-18)10-16-14/h4-5,10,13,18H,6-9,11H2,1-3H3. The van der Waals surface area contributed by atoms with E-state index in [1.807, 2.05) is 12.1 Å². The molecular formula is C15H24N2O. The Hall–Kier alpha value is -1.09. The lowest BCUT2D eigenvalue weighted by atomic mass is 9.75. The fraction of sp³-hybridized carbons (Fsp3) is 0.667. The molecule has 0 spiro atoms. The lowest BCUT2D eigenvalue weighted by molar-refractivity contribution is 0.222. The summed E-state index contributed by atoms with van der Waals surface area (Å²) in [6.07, 6.45) is 6.83. The fourth-order valence-electron chi connectivity index (χ4n) is 2.68. The minimum Gasteiger partial charge on any atom is -0.392 e. The molecule has 0 saturated heterocycles. The molecule has 3 nitrogen and oxygen atoms in total. The first-order valence-electron chi connectivity index (χ1n) is 6.80. The second-order valence-electron chi connectivity index (χ2n) is 6.19. The summed E-state index contributed by atoms with van der Waals surface area (Å²) >= 11 is 0. The van der Waals surface area contributed by atoms with Crippen molar-refractivity contribution in [2.75, 3.05) is 11.9 Å². The average molecular weight is 248 g/mol. The van der Waals surface area contributed by atoms with Gasteiger partial charge in [0, 0.05) is 19.3 Å². The van der Waals surface area contributed by atoms with E-state index in [0.717, 1.165) is 11.4 Å². The van der Waals surface area contributed by atoms with E-state index in [0.29, 0.717) is 11.5 Å². The first-order chi connectivity index (χ1) is 8.52. The Morgan fingerprint density at radius 2 is 2.00 bits per heavy atom. The van der Waals surface area contributed by atoms with Crippen LogP contribution in [0.5, 0.6) is 0 Å². The van der Waals surface area contributed by atoms with E-state index in [1.54, 1.807) is 6.20 Å². The molecule has 1 N–H and O–H groups in total. The third-order valence-electron chi connectivity index (χ3n) is 4.21. The second kappa shape index (κ2) is 5.27. The maximum Gasteiger partial charge on any atom is 0.128 e. The smallest absolute Gasteiger partial charge is 0.128 e. The molecule has 0 radical (unpaired) electrons. The molecule has 0 bridgehead atoms. The van der Waals surface area contributed by atoms with Gasteiger partial charge in [0.15, 0.2) is 0 Å². The number of pyridine rings is 1. The lowest BCUT2D eigenvalue weighted by Crippen LogP contribution is -2.37. The summed E-state index contributed by atoms with van der Waals surface area (Å²) in [6.45, 7) is 4.78. The highest BCUT2D eigenvalue weighted by molar-refractivity contribution is 5.39. The van der Waals surface area contributed by atoms with Crippen molar-refractivity contribution >= 4 is 5.82 Å². The Labute approximate surface area is 110 Å². The van der Waals surface area contributed by atoms with Gasteiger partial charge in [-0.05, 0) is 42.7 Å². The summed E-state index contributed by atoms with van der Waals surface area (Å²) in [5.74, 6) is 1.01. The Kier molecular flexibility index (Phi) is 3.91. The first-order valence-corrected chi connectivity index (χ1v) is 6.80. The molecule has 0 aromatic carbocycles. The van der Waals surface area contributed by atoms with Gasteiger partial charge in [-0.1, -0.05) is 19.9 Å². The van der Waals surface area contributed by atoms with Gasteiger partial charge < -0.3 is 10.0 Å². The van der Waals surface area contributed by atoms with Crippen molar-refractivity contribution in [3.63, 3.8) is 0 Å². The zero-order valence-corrected chi connectivity index (χ0v) is 11.7. The molecule has 1 aliphatic rings. The molecular weight excluding hydrogens is 224 g/mol. The van der Waals surface area contributed by atoms with Gasteiger partial charge >= 0.3 is 0 Å². The Bertz CT molecular complexity index is 376. The molecule has 18 heavy (non-hydrogen) atoms. The number of aromatic nitrogens is 1. The van der Waals surface area contributed by atoms with Gasteiger partial charge in [0.2, 0.25) is 0 Å². The Morgan fingerprint density at radius 3 is 2.50 bits per heavy atom. The molecule has 1 saturated carbocycles. The zero-order valence-electron chi connectivity index (χ0n) is 11.7. The summed E-state index contributed by atoms with van der Waals surface area (Å²) < 4.78 is 0. The van der Waals surface area contributed by atoms with Crippen LogP contribution in [0, 0.1) is 5.41 Å².